The summed E-state index contributed by atoms with van der Waals surface area (Å²) < 4.78 is 0. The van der Waals surface area contributed by atoms with Crippen LogP contribution in [0.2, 0.25) is 0 Å². The van der Waals surface area contributed by atoms with E-state index >= 15 is 0 Å². The number of ketones is 1. The first kappa shape index (κ1) is 32.7. The van der Waals surface area contributed by atoms with Crippen LogP contribution in [0.15, 0.2) is 48.2 Å². The average molecular weight is 679 g/mol. The number of aryl methyl sites for hydroxylation is 3. The molecule has 0 aliphatic carbocycles. The van der Waals surface area contributed by atoms with Crippen molar-refractivity contribution in [1.82, 2.24) is 4.98 Å². The fourth-order valence-corrected chi connectivity index (χ4v) is 3.60. The van der Waals surface area contributed by atoms with E-state index in [-0.39, 0.29) is 42.5 Å². The van der Waals surface area contributed by atoms with Gasteiger partial charge in [-0.25, -0.2) is 0 Å². The molecule has 4 heteroatoms. The van der Waals surface area contributed by atoms with Crippen LogP contribution in [-0.2, 0) is 30.3 Å². The van der Waals surface area contributed by atoms with Gasteiger partial charge in [0, 0.05) is 37.0 Å². The second-order valence-corrected chi connectivity index (χ2v) is 13.0. The van der Waals surface area contributed by atoms with E-state index in [4.69, 9.17) is 4.98 Å². The molecule has 0 bridgehead atoms. The Morgan fingerprint density at radius 1 is 0.865 bits per heavy atom. The first-order chi connectivity index (χ1) is 16.3. The molecule has 1 heterocycles. The maximum Gasteiger partial charge on any atom is 0.164 e. The number of carbonyl (C=O) groups excluding carboxylic acids is 1. The summed E-state index contributed by atoms with van der Waals surface area (Å²) in [4.78, 5) is 16.4. The van der Waals surface area contributed by atoms with Gasteiger partial charge in [0.15, 0.2) is 5.78 Å². The van der Waals surface area contributed by atoms with Crippen LogP contribution in [0.5, 0.6) is 0 Å². The number of aromatic nitrogens is 1. The molecule has 0 atom stereocenters. The zero-order valence-electron chi connectivity index (χ0n) is 24.7. The third-order valence-electron chi connectivity index (χ3n) is 6.05. The van der Waals surface area contributed by atoms with Crippen molar-refractivity contribution in [3.8, 4) is 11.3 Å². The van der Waals surface area contributed by atoms with Crippen molar-refractivity contribution >= 4 is 16.7 Å². The average Bonchev–Trinajstić information content (AvgIpc) is 2.70. The number of hydrogen-bond acceptors (Lipinski definition) is 3. The molecule has 3 rings (SSSR count). The van der Waals surface area contributed by atoms with Crippen molar-refractivity contribution in [2.75, 3.05) is 0 Å². The second-order valence-electron chi connectivity index (χ2n) is 13.0. The van der Waals surface area contributed by atoms with E-state index in [1.54, 1.807) is 0 Å². The van der Waals surface area contributed by atoms with Crippen LogP contribution in [0.4, 0.5) is 0 Å². The number of carbonyl (C=O) groups is 1. The van der Waals surface area contributed by atoms with E-state index in [1.165, 1.54) is 28.2 Å². The minimum atomic E-state index is -0.417. The first-order valence-corrected chi connectivity index (χ1v) is 12.7. The fraction of sp³-hybridized carbons (Fsp3) is 0.455. The summed E-state index contributed by atoms with van der Waals surface area (Å²) in [5.74, 6) is 0.104. The molecule has 1 radical (unpaired) electrons. The van der Waals surface area contributed by atoms with Crippen LogP contribution in [-0.4, -0.2) is 15.9 Å². The fourth-order valence-electron chi connectivity index (χ4n) is 3.60. The Hall–Kier alpha value is -2.29. The quantitative estimate of drug-likeness (QED) is 0.167. The Balaban J connectivity index is 0.000000423. The number of fused-ring (bicyclic) bond motifs is 1. The maximum absolute atomic E-state index is 11.5. The number of hydrogen-bond donors (Lipinski definition) is 1. The van der Waals surface area contributed by atoms with Crippen molar-refractivity contribution in [3.63, 3.8) is 0 Å². The molecule has 0 spiro atoms. The van der Waals surface area contributed by atoms with Gasteiger partial charge in [0.1, 0.15) is 5.76 Å². The summed E-state index contributed by atoms with van der Waals surface area (Å²) in [5.41, 5.74) is 7.51. The molecule has 1 N–H and O–H groups in total. The van der Waals surface area contributed by atoms with Gasteiger partial charge in [0.25, 0.3) is 0 Å². The second kappa shape index (κ2) is 12.0. The molecule has 203 valence electrons. The molecule has 0 unspecified atom stereocenters. The summed E-state index contributed by atoms with van der Waals surface area (Å²) in [6, 6.07) is 16.6. The third kappa shape index (κ3) is 9.20. The number of pyridine rings is 1. The van der Waals surface area contributed by atoms with Crippen molar-refractivity contribution in [1.29, 1.82) is 0 Å². The number of aliphatic hydroxyl groups excluding tert-OH is 1. The van der Waals surface area contributed by atoms with E-state index in [0.29, 0.717) is 0 Å². The van der Waals surface area contributed by atoms with Gasteiger partial charge in [-0.2, -0.15) is 0 Å². The number of rotatable bonds is 2. The van der Waals surface area contributed by atoms with Gasteiger partial charge in [0.05, 0.1) is 5.52 Å². The van der Waals surface area contributed by atoms with Crippen LogP contribution >= 0.6 is 0 Å². The molecular formula is C33H44IrNO2-. The van der Waals surface area contributed by atoms with E-state index < -0.39 is 5.41 Å². The topological polar surface area (TPSA) is 50.2 Å². The first-order valence-electron chi connectivity index (χ1n) is 12.7. The van der Waals surface area contributed by atoms with E-state index in [9.17, 15) is 9.90 Å². The molecule has 0 fully saturated rings. The normalized spacial score (nSPS) is 12.5. The summed E-state index contributed by atoms with van der Waals surface area (Å²) >= 11 is 0. The zero-order chi connectivity index (χ0) is 27.6. The van der Waals surface area contributed by atoms with Gasteiger partial charge in [0.2, 0.25) is 0 Å². The van der Waals surface area contributed by atoms with Gasteiger partial charge in [-0.3, -0.25) is 9.78 Å². The van der Waals surface area contributed by atoms with Gasteiger partial charge < -0.3 is 5.11 Å². The molecule has 3 nitrogen and oxygen atoms in total. The molecule has 0 aliphatic rings. The number of allylic oxidation sites excluding steroid dienone is 2. The van der Waals surface area contributed by atoms with Crippen LogP contribution < -0.4 is 0 Å². The number of benzene rings is 2. The maximum atomic E-state index is 11.5. The standard InChI is InChI=1S/C22H24N.C11H20O2.Ir/c1-14-9-15(2)11-18(10-14)21-16(3)12-17-13-19(22(4,5)6)7-8-20(17)23-21;1-10(2,3)8(12)7-9(13)11(4,5)6;/h7-10,12-13H,1-6H3;7,12H,1-6H3;/q-1;;/b;8-7-;. The van der Waals surface area contributed by atoms with Crippen LogP contribution in [0.25, 0.3) is 22.2 Å². The molecule has 1 aromatic heterocycles. The summed E-state index contributed by atoms with van der Waals surface area (Å²) in [7, 11) is 0. The number of nitrogens with zero attached hydrogens (tertiary/aromatic N) is 1. The molecule has 37 heavy (non-hydrogen) atoms. The molecule has 3 aromatic rings. The van der Waals surface area contributed by atoms with Crippen LogP contribution in [0.3, 0.4) is 0 Å². The van der Waals surface area contributed by atoms with Gasteiger partial charge >= 0.3 is 0 Å². The minimum Gasteiger partial charge on any atom is -0.512 e. The number of aliphatic hydroxyl groups is 1. The summed E-state index contributed by atoms with van der Waals surface area (Å²) in [6.45, 7) is 24.2. The Morgan fingerprint density at radius 2 is 1.46 bits per heavy atom. The van der Waals surface area contributed by atoms with Gasteiger partial charge in [-0.1, -0.05) is 93.9 Å². The predicted molar refractivity (Wildman–Crippen MR) is 154 cm³/mol. The largest absolute Gasteiger partial charge is 0.512 e. The molecule has 0 aliphatic heterocycles. The van der Waals surface area contributed by atoms with Crippen molar-refractivity contribution in [2.24, 2.45) is 10.8 Å². The van der Waals surface area contributed by atoms with E-state index in [0.717, 1.165) is 22.3 Å². The van der Waals surface area contributed by atoms with Gasteiger partial charge in [-0.15, -0.1) is 34.9 Å². The molecule has 0 saturated carbocycles. The van der Waals surface area contributed by atoms with E-state index in [2.05, 4.69) is 84.0 Å². The molecule has 2 aromatic carbocycles. The third-order valence-corrected chi connectivity index (χ3v) is 6.05. The Labute approximate surface area is 238 Å². The minimum absolute atomic E-state index is 0. The van der Waals surface area contributed by atoms with Crippen molar-refractivity contribution in [3.05, 3.63) is 76.6 Å². The smallest absolute Gasteiger partial charge is 0.164 e. The van der Waals surface area contributed by atoms with Gasteiger partial charge in [-0.05, 0) is 41.1 Å². The Kier molecular flexibility index (Phi) is 10.7. The van der Waals surface area contributed by atoms with Crippen molar-refractivity contribution in [2.45, 2.75) is 88.5 Å². The Morgan fingerprint density at radius 3 is 1.95 bits per heavy atom. The summed E-state index contributed by atoms with van der Waals surface area (Å²) in [5, 5.41) is 10.8. The molecule has 0 saturated heterocycles. The Bertz CT molecular complexity index is 1260. The predicted octanol–water partition coefficient (Wildman–Crippen LogP) is 9.01. The monoisotopic (exact) mass is 679 g/mol. The molecule has 0 amide bonds. The van der Waals surface area contributed by atoms with Crippen molar-refractivity contribution < 1.29 is 30.0 Å². The summed E-state index contributed by atoms with van der Waals surface area (Å²) in [6.07, 6.45) is 1.33. The SMILES string of the molecule is CC(C)(C)C(=O)/C=C(\O)C(C)(C)C.Cc1[c-]c(-c2nc3ccc(C(C)(C)C)cc3cc2C)cc(C)c1.[Ir]. The zero-order valence-corrected chi connectivity index (χ0v) is 27.1. The van der Waals surface area contributed by atoms with Crippen LogP contribution in [0.1, 0.15) is 84.6 Å². The van der Waals surface area contributed by atoms with E-state index in [1.807, 2.05) is 41.5 Å². The van der Waals surface area contributed by atoms with Crippen LogP contribution in [0, 0.1) is 37.7 Å². The molecular weight excluding hydrogens is 635 g/mol.